The molecule has 100 valence electrons. The molecule has 5 heteroatoms. The van der Waals surface area contributed by atoms with E-state index in [1.54, 1.807) is 23.9 Å². The third kappa shape index (κ3) is 3.57. The number of para-hydroxylation sites is 1. The van der Waals surface area contributed by atoms with Crippen LogP contribution in [0.3, 0.4) is 0 Å². The van der Waals surface area contributed by atoms with E-state index in [9.17, 15) is 4.79 Å². The van der Waals surface area contributed by atoms with Crippen molar-refractivity contribution >= 4 is 29.1 Å². The summed E-state index contributed by atoms with van der Waals surface area (Å²) in [7, 11) is 1.35. The van der Waals surface area contributed by atoms with Crippen LogP contribution in [0.25, 0.3) is 0 Å². The number of ether oxygens (including phenoxy) is 1. The number of nitrogens with one attached hydrogen (secondary N) is 1. The molecule has 0 aromatic heterocycles. The second kappa shape index (κ2) is 7.16. The molecule has 0 aliphatic rings. The number of carbonyl (C=O) groups excluding carboxylic acids is 1. The molecule has 0 saturated carbocycles. The summed E-state index contributed by atoms with van der Waals surface area (Å²) in [5.74, 6) is 0.590. The molecule has 0 spiro atoms. The van der Waals surface area contributed by atoms with Crippen LogP contribution in [0.2, 0.25) is 0 Å². The SMILES string of the molecule is CCC(CSC)Nc1cccc(C(=O)OC)c1N. The van der Waals surface area contributed by atoms with Gasteiger partial charge in [-0.1, -0.05) is 13.0 Å². The predicted molar refractivity (Wildman–Crippen MR) is 78.3 cm³/mol. The number of hydrogen-bond acceptors (Lipinski definition) is 5. The van der Waals surface area contributed by atoms with Crippen molar-refractivity contribution in [2.45, 2.75) is 19.4 Å². The molecule has 0 aliphatic heterocycles. The van der Waals surface area contributed by atoms with E-state index in [-0.39, 0.29) is 0 Å². The summed E-state index contributed by atoms with van der Waals surface area (Å²) in [4.78, 5) is 11.5. The van der Waals surface area contributed by atoms with Gasteiger partial charge in [-0.05, 0) is 24.8 Å². The van der Waals surface area contributed by atoms with Crippen LogP contribution in [0.4, 0.5) is 11.4 Å². The number of thioether (sulfide) groups is 1. The minimum atomic E-state index is -0.408. The van der Waals surface area contributed by atoms with E-state index >= 15 is 0 Å². The summed E-state index contributed by atoms with van der Waals surface area (Å²) in [6.07, 6.45) is 3.07. The van der Waals surface area contributed by atoms with Crippen LogP contribution < -0.4 is 11.1 Å². The number of nitrogens with two attached hydrogens (primary N) is 1. The number of methoxy groups -OCH3 is 1. The number of hydrogen-bond donors (Lipinski definition) is 2. The van der Waals surface area contributed by atoms with Crippen LogP contribution in [0.5, 0.6) is 0 Å². The Balaban J connectivity index is 2.92. The highest BCUT2D eigenvalue weighted by Crippen LogP contribution is 2.25. The summed E-state index contributed by atoms with van der Waals surface area (Å²) in [5.41, 5.74) is 7.63. The second-order valence-corrected chi connectivity index (χ2v) is 4.87. The Bertz CT molecular complexity index is 410. The molecule has 0 radical (unpaired) electrons. The summed E-state index contributed by atoms with van der Waals surface area (Å²) < 4.78 is 4.70. The van der Waals surface area contributed by atoms with Crippen molar-refractivity contribution < 1.29 is 9.53 Å². The van der Waals surface area contributed by atoms with Crippen LogP contribution in [-0.2, 0) is 4.74 Å². The smallest absolute Gasteiger partial charge is 0.340 e. The van der Waals surface area contributed by atoms with Crippen molar-refractivity contribution in [2.75, 3.05) is 30.2 Å². The van der Waals surface area contributed by atoms with E-state index in [1.807, 2.05) is 6.07 Å². The molecule has 1 unspecified atom stereocenters. The Morgan fingerprint density at radius 1 is 1.56 bits per heavy atom. The minimum Gasteiger partial charge on any atom is -0.465 e. The first kappa shape index (κ1) is 14.7. The number of anilines is 2. The zero-order chi connectivity index (χ0) is 13.5. The molecule has 0 aliphatic carbocycles. The highest BCUT2D eigenvalue weighted by molar-refractivity contribution is 7.98. The normalized spacial score (nSPS) is 11.9. The zero-order valence-electron chi connectivity index (χ0n) is 11.0. The van der Waals surface area contributed by atoms with Crippen LogP contribution in [0, 0.1) is 0 Å². The average Bonchev–Trinajstić information content (AvgIpc) is 2.39. The lowest BCUT2D eigenvalue weighted by molar-refractivity contribution is 0.0602. The van der Waals surface area contributed by atoms with Crippen molar-refractivity contribution in [1.29, 1.82) is 0 Å². The van der Waals surface area contributed by atoms with Crippen molar-refractivity contribution in [1.82, 2.24) is 0 Å². The second-order valence-electron chi connectivity index (χ2n) is 3.96. The van der Waals surface area contributed by atoms with Gasteiger partial charge in [0.05, 0.1) is 24.0 Å². The Hall–Kier alpha value is -1.36. The topological polar surface area (TPSA) is 64.3 Å². The van der Waals surface area contributed by atoms with Crippen LogP contribution in [-0.4, -0.2) is 31.1 Å². The highest BCUT2D eigenvalue weighted by Gasteiger charge is 2.14. The number of nitrogen functional groups attached to an aromatic ring is 1. The molecule has 4 nitrogen and oxygen atoms in total. The molecule has 0 saturated heterocycles. The lowest BCUT2D eigenvalue weighted by atomic mass is 10.1. The number of rotatable bonds is 6. The van der Waals surface area contributed by atoms with Crippen LogP contribution in [0.1, 0.15) is 23.7 Å². The lowest BCUT2D eigenvalue weighted by Gasteiger charge is -2.19. The Kier molecular flexibility index (Phi) is 5.85. The molecule has 0 fully saturated rings. The molecule has 0 bridgehead atoms. The molecule has 1 atom stereocenters. The van der Waals surface area contributed by atoms with Crippen molar-refractivity contribution in [2.24, 2.45) is 0 Å². The van der Waals surface area contributed by atoms with Gasteiger partial charge >= 0.3 is 5.97 Å². The molecule has 1 rings (SSSR count). The van der Waals surface area contributed by atoms with Gasteiger partial charge in [0.25, 0.3) is 0 Å². The predicted octanol–water partition coefficient (Wildman–Crippen LogP) is 2.61. The maximum absolute atomic E-state index is 11.5. The van der Waals surface area contributed by atoms with E-state index in [0.29, 0.717) is 17.3 Å². The molecular formula is C13H20N2O2S. The Morgan fingerprint density at radius 3 is 2.83 bits per heavy atom. The number of benzene rings is 1. The monoisotopic (exact) mass is 268 g/mol. The van der Waals surface area contributed by atoms with Gasteiger partial charge in [0, 0.05) is 11.8 Å². The van der Waals surface area contributed by atoms with E-state index in [0.717, 1.165) is 17.9 Å². The van der Waals surface area contributed by atoms with Crippen molar-refractivity contribution in [3.63, 3.8) is 0 Å². The summed E-state index contributed by atoms with van der Waals surface area (Å²) in [6, 6.07) is 5.69. The molecular weight excluding hydrogens is 248 g/mol. The van der Waals surface area contributed by atoms with Gasteiger partial charge in [0.2, 0.25) is 0 Å². The van der Waals surface area contributed by atoms with Crippen molar-refractivity contribution in [3.8, 4) is 0 Å². The first-order valence-corrected chi connectivity index (χ1v) is 7.25. The lowest BCUT2D eigenvalue weighted by Crippen LogP contribution is -2.22. The summed E-state index contributed by atoms with van der Waals surface area (Å²) >= 11 is 1.78. The maximum Gasteiger partial charge on any atom is 0.340 e. The summed E-state index contributed by atoms with van der Waals surface area (Å²) in [6.45, 7) is 2.12. The fraction of sp³-hybridized carbons (Fsp3) is 0.462. The largest absolute Gasteiger partial charge is 0.465 e. The fourth-order valence-electron chi connectivity index (χ4n) is 1.66. The van der Waals surface area contributed by atoms with Gasteiger partial charge in [0.15, 0.2) is 0 Å². The third-order valence-electron chi connectivity index (χ3n) is 2.73. The van der Waals surface area contributed by atoms with E-state index in [4.69, 9.17) is 10.5 Å². The molecule has 0 heterocycles. The number of carbonyl (C=O) groups is 1. The number of esters is 1. The van der Waals surface area contributed by atoms with Crippen LogP contribution in [0.15, 0.2) is 18.2 Å². The van der Waals surface area contributed by atoms with Gasteiger partial charge in [-0.15, -0.1) is 0 Å². The maximum atomic E-state index is 11.5. The summed E-state index contributed by atoms with van der Waals surface area (Å²) in [5, 5.41) is 3.36. The molecule has 1 aromatic carbocycles. The minimum absolute atomic E-state index is 0.343. The average molecular weight is 268 g/mol. The first-order valence-electron chi connectivity index (χ1n) is 5.86. The highest BCUT2D eigenvalue weighted by atomic mass is 32.2. The van der Waals surface area contributed by atoms with Gasteiger partial charge in [-0.25, -0.2) is 4.79 Å². The third-order valence-corrected chi connectivity index (χ3v) is 3.47. The van der Waals surface area contributed by atoms with E-state index < -0.39 is 5.97 Å². The standard InChI is InChI=1S/C13H20N2O2S/c1-4-9(8-18-3)15-11-7-5-6-10(12(11)14)13(16)17-2/h5-7,9,15H,4,8,14H2,1-3H3. The Labute approximate surface area is 112 Å². The molecule has 18 heavy (non-hydrogen) atoms. The quantitative estimate of drug-likeness (QED) is 0.613. The molecule has 1 aromatic rings. The van der Waals surface area contributed by atoms with E-state index in [1.165, 1.54) is 7.11 Å². The Morgan fingerprint density at radius 2 is 2.28 bits per heavy atom. The van der Waals surface area contributed by atoms with Crippen LogP contribution >= 0.6 is 11.8 Å². The van der Waals surface area contributed by atoms with Crippen molar-refractivity contribution in [3.05, 3.63) is 23.8 Å². The van der Waals surface area contributed by atoms with Gasteiger partial charge in [0.1, 0.15) is 0 Å². The molecule has 3 N–H and O–H groups in total. The van der Waals surface area contributed by atoms with Gasteiger partial charge < -0.3 is 15.8 Å². The van der Waals surface area contributed by atoms with Gasteiger partial charge in [-0.3, -0.25) is 0 Å². The zero-order valence-corrected chi connectivity index (χ0v) is 11.8. The first-order chi connectivity index (χ1) is 8.63. The fourth-order valence-corrected chi connectivity index (χ4v) is 2.38. The van der Waals surface area contributed by atoms with E-state index in [2.05, 4.69) is 18.5 Å². The molecule has 0 amide bonds. The van der Waals surface area contributed by atoms with Gasteiger partial charge in [-0.2, -0.15) is 11.8 Å².